The van der Waals surface area contributed by atoms with E-state index < -0.39 is 52.6 Å². The average Bonchev–Trinajstić information content (AvgIpc) is 2.83. The molecule has 0 spiro atoms. The van der Waals surface area contributed by atoms with Crippen LogP contribution < -0.4 is 0 Å². The summed E-state index contributed by atoms with van der Waals surface area (Å²) in [7, 11) is 0. The first kappa shape index (κ1) is 35.4. The minimum atomic E-state index is -3.01. The van der Waals surface area contributed by atoms with Crippen molar-refractivity contribution in [1.82, 2.24) is 0 Å². The molecular weight excluding hydrogens is 472 g/mol. The SMILES string of the molecule is CCCC(CC)C(C)C(C(=O)O)C(O)(C(=O)O)C(C(=O)O)(C(C)C(CC)CCC)C(C)C(CC)CCC. The van der Waals surface area contributed by atoms with Gasteiger partial charge in [-0.05, 0) is 35.5 Å². The van der Waals surface area contributed by atoms with Gasteiger partial charge in [0, 0.05) is 0 Å². The lowest BCUT2D eigenvalue weighted by Gasteiger charge is -2.55. The molecule has 0 saturated heterocycles. The van der Waals surface area contributed by atoms with E-state index in [1.54, 1.807) is 20.8 Å². The molecule has 0 aromatic carbocycles. The van der Waals surface area contributed by atoms with E-state index in [0.29, 0.717) is 38.5 Å². The van der Waals surface area contributed by atoms with Crippen LogP contribution in [0.25, 0.3) is 0 Å². The van der Waals surface area contributed by atoms with E-state index in [9.17, 15) is 34.8 Å². The van der Waals surface area contributed by atoms with Crippen LogP contribution in [-0.4, -0.2) is 43.9 Å². The molecule has 7 heteroatoms. The Balaban J connectivity index is 7.81. The summed E-state index contributed by atoms with van der Waals surface area (Å²) in [5.74, 6) is -9.20. The van der Waals surface area contributed by atoms with E-state index in [0.717, 1.165) is 19.3 Å². The lowest BCUT2D eigenvalue weighted by molar-refractivity contribution is -0.233. The molecular formula is C30H56O7. The zero-order valence-electron chi connectivity index (χ0n) is 24.9. The van der Waals surface area contributed by atoms with Crippen LogP contribution in [0.1, 0.15) is 120 Å². The molecule has 8 atom stereocenters. The van der Waals surface area contributed by atoms with Crippen LogP contribution in [-0.2, 0) is 14.4 Å². The lowest BCUT2D eigenvalue weighted by atomic mass is 9.47. The van der Waals surface area contributed by atoms with Gasteiger partial charge in [-0.25, -0.2) is 4.79 Å². The second kappa shape index (κ2) is 15.7. The zero-order chi connectivity index (χ0) is 29.1. The van der Waals surface area contributed by atoms with Crippen LogP contribution in [0.2, 0.25) is 0 Å². The Labute approximate surface area is 225 Å². The number of carbonyl (C=O) groups is 3. The third-order valence-electron chi connectivity index (χ3n) is 9.70. The molecule has 0 aliphatic carbocycles. The summed E-state index contributed by atoms with van der Waals surface area (Å²) in [4.78, 5) is 39.8. The first-order valence-corrected chi connectivity index (χ1v) is 14.7. The molecule has 0 aliphatic heterocycles. The van der Waals surface area contributed by atoms with Gasteiger partial charge >= 0.3 is 17.9 Å². The van der Waals surface area contributed by atoms with Gasteiger partial charge in [0.05, 0.1) is 0 Å². The summed E-state index contributed by atoms with van der Waals surface area (Å²) < 4.78 is 0. The molecule has 0 aromatic heterocycles. The number of hydrogen-bond acceptors (Lipinski definition) is 4. The van der Waals surface area contributed by atoms with Crippen molar-refractivity contribution in [3.63, 3.8) is 0 Å². The molecule has 0 aliphatic rings. The highest BCUT2D eigenvalue weighted by Gasteiger charge is 2.72. The molecule has 0 radical (unpaired) electrons. The Kier molecular flexibility index (Phi) is 15.0. The first-order valence-electron chi connectivity index (χ1n) is 14.7. The van der Waals surface area contributed by atoms with E-state index in [1.165, 1.54) is 0 Å². The summed E-state index contributed by atoms with van der Waals surface area (Å²) in [6.45, 7) is 16.9. The third kappa shape index (κ3) is 6.88. The van der Waals surface area contributed by atoms with Gasteiger partial charge in [0.15, 0.2) is 5.60 Å². The summed E-state index contributed by atoms with van der Waals surface area (Å²) >= 11 is 0. The predicted molar refractivity (Wildman–Crippen MR) is 147 cm³/mol. The molecule has 7 nitrogen and oxygen atoms in total. The van der Waals surface area contributed by atoms with Crippen molar-refractivity contribution in [2.45, 2.75) is 126 Å². The summed E-state index contributed by atoms with van der Waals surface area (Å²) in [6.07, 6.45) is 6.16. The minimum Gasteiger partial charge on any atom is -0.481 e. The second-order valence-electron chi connectivity index (χ2n) is 11.4. The highest BCUT2D eigenvalue weighted by Crippen LogP contribution is 2.57. The van der Waals surface area contributed by atoms with E-state index >= 15 is 0 Å². The molecule has 0 aromatic rings. The Hall–Kier alpha value is -1.63. The molecule has 0 fully saturated rings. The number of aliphatic carboxylic acids is 3. The Morgan fingerprint density at radius 3 is 1.22 bits per heavy atom. The summed E-state index contributed by atoms with van der Waals surface area (Å²) in [5, 5.41) is 44.8. The fourth-order valence-electron chi connectivity index (χ4n) is 7.60. The monoisotopic (exact) mass is 528 g/mol. The number of hydrogen-bond donors (Lipinski definition) is 4. The zero-order valence-corrected chi connectivity index (χ0v) is 24.9. The van der Waals surface area contributed by atoms with Crippen LogP contribution >= 0.6 is 0 Å². The fraction of sp³-hybridized carbons (Fsp3) is 0.900. The lowest BCUT2D eigenvalue weighted by Crippen LogP contribution is -2.71. The van der Waals surface area contributed by atoms with Gasteiger partial charge in [0.2, 0.25) is 0 Å². The second-order valence-corrected chi connectivity index (χ2v) is 11.4. The third-order valence-corrected chi connectivity index (χ3v) is 9.70. The van der Waals surface area contributed by atoms with Gasteiger partial charge < -0.3 is 20.4 Å². The molecule has 0 amide bonds. The average molecular weight is 529 g/mol. The molecule has 0 rings (SSSR count). The Morgan fingerprint density at radius 2 is 0.973 bits per heavy atom. The topological polar surface area (TPSA) is 132 Å². The van der Waals surface area contributed by atoms with Crippen molar-refractivity contribution in [1.29, 1.82) is 0 Å². The fourth-order valence-corrected chi connectivity index (χ4v) is 7.60. The molecule has 4 N–H and O–H groups in total. The van der Waals surface area contributed by atoms with Crippen molar-refractivity contribution in [3.8, 4) is 0 Å². The van der Waals surface area contributed by atoms with E-state index in [4.69, 9.17) is 0 Å². The minimum absolute atomic E-state index is 0.163. The summed E-state index contributed by atoms with van der Waals surface area (Å²) in [5.41, 5.74) is -5.21. The van der Waals surface area contributed by atoms with Crippen molar-refractivity contribution in [2.24, 2.45) is 46.8 Å². The van der Waals surface area contributed by atoms with E-state index in [-0.39, 0.29) is 17.8 Å². The number of carboxylic acid groups (broad SMARTS) is 3. The first-order chi connectivity index (χ1) is 17.2. The standard InChI is InChI=1S/C30H56O7/c1-10-16-22(13-4)19(7)25(26(31)32)30(37,28(35)36)29(27(33)34,20(8)23(14-5)17-11-2)21(9)24(15-6)18-12-3/h19-25,37H,10-18H2,1-9H3,(H,31,32)(H,33,34)(H,35,36). The van der Waals surface area contributed by atoms with Crippen molar-refractivity contribution in [2.75, 3.05) is 0 Å². The van der Waals surface area contributed by atoms with Gasteiger partial charge in [-0.1, -0.05) is 120 Å². The number of carboxylic acids is 3. The van der Waals surface area contributed by atoms with Crippen molar-refractivity contribution >= 4 is 17.9 Å². The predicted octanol–water partition coefficient (Wildman–Crippen LogP) is 6.96. The Bertz CT molecular complexity index is 701. The van der Waals surface area contributed by atoms with Gasteiger partial charge in [-0.3, -0.25) is 9.59 Å². The molecule has 37 heavy (non-hydrogen) atoms. The molecule has 0 bridgehead atoms. The van der Waals surface area contributed by atoms with Crippen LogP contribution in [0.4, 0.5) is 0 Å². The maximum atomic E-state index is 13.6. The summed E-state index contributed by atoms with van der Waals surface area (Å²) in [6, 6.07) is 0. The van der Waals surface area contributed by atoms with Gasteiger partial charge in [0.25, 0.3) is 0 Å². The smallest absolute Gasteiger partial charge is 0.337 e. The number of aliphatic hydroxyl groups is 1. The molecule has 0 heterocycles. The maximum absolute atomic E-state index is 13.6. The van der Waals surface area contributed by atoms with Crippen LogP contribution in [0.5, 0.6) is 0 Å². The van der Waals surface area contributed by atoms with Gasteiger partial charge in [0.1, 0.15) is 11.3 Å². The quantitative estimate of drug-likeness (QED) is 0.134. The highest BCUT2D eigenvalue weighted by atomic mass is 16.4. The van der Waals surface area contributed by atoms with Crippen LogP contribution in [0.15, 0.2) is 0 Å². The van der Waals surface area contributed by atoms with Crippen molar-refractivity contribution < 1.29 is 34.8 Å². The van der Waals surface area contributed by atoms with Crippen molar-refractivity contribution in [3.05, 3.63) is 0 Å². The van der Waals surface area contributed by atoms with Crippen LogP contribution in [0, 0.1) is 46.8 Å². The van der Waals surface area contributed by atoms with E-state index in [1.807, 2.05) is 41.5 Å². The normalized spacial score (nSPS) is 20.9. The molecule has 8 unspecified atom stereocenters. The highest BCUT2D eigenvalue weighted by molar-refractivity contribution is 5.94. The maximum Gasteiger partial charge on any atom is 0.337 e. The molecule has 218 valence electrons. The van der Waals surface area contributed by atoms with Gasteiger partial charge in [-0.2, -0.15) is 0 Å². The molecule has 0 saturated carbocycles. The van der Waals surface area contributed by atoms with Gasteiger partial charge in [-0.15, -0.1) is 0 Å². The van der Waals surface area contributed by atoms with Crippen LogP contribution in [0.3, 0.4) is 0 Å². The van der Waals surface area contributed by atoms with E-state index in [2.05, 4.69) is 0 Å². The largest absolute Gasteiger partial charge is 0.481 e. The number of rotatable bonds is 20. The Morgan fingerprint density at radius 1 is 0.622 bits per heavy atom.